The monoisotopic (exact) mass is 461 g/mol. The van der Waals surface area contributed by atoms with Crippen LogP contribution in [0.15, 0.2) is 66.7 Å². The molecule has 0 aliphatic carbocycles. The molecule has 2 heterocycles. The second kappa shape index (κ2) is 7.82. The van der Waals surface area contributed by atoms with Crippen LogP contribution in [0.5, 0.6) is 0 Å². The highest BCUT2D eigenvalue weighted by Gasteiger charge is 2.25. The number of fused-ring (bicyclic) bond motifs is 2. The summed E-state index contributed by atoms with van der Waals surface area (Å²) in [6, 6.07) is 20.1. The second-order valence-electron chi connectivity index (χ2n) is 7.40. The highest BCUT2D eigenvalue weighted by molar-refractivity contribution is 6.42. The van der Waals surface area contributed by atoms with Gasteiger partial charge in [0, 0.05) is 5.69 Å². The molecule has 6 nitrogen and oxygen atoms in total. The summed E-state index contributed by atoms with van der Waals surface area (Å²) in [6.45, 7) is 1.96. The fourth-order valence-corrected chi connectivity index (χ4v) is 3.98. The van der Waals surface area contributed by atoms with E-state index in [1.807, 2.05) is 55.5 Å². The van der Waals surface area contributed by atoms with E-state index in [1.54, 1.807) is 22.8 Å². The summed E-state index contributed by atoms with van der Waals surface area (Å²) in [5.74, 6) is -0.166. The molecule has 0 unspecified atom stereocenters. The Labute approximate surface area is 193 Å². The van der Waals surface area contributed by atoms with Gasteiger partial charge in [0.2, 0.25) is 0 Å². The van der Waals surface area contributed by atoms with Gasteiger partial charge in [-0.25, -0.2) is 9.97 Å². The Balaban J connectivity index is 1.76. The van der Waals surface area contributed by atoms with Gasteiger partial charge in [-0.05, 0) is 55.0 Å². The zero-order chi connectivity index (χ0) is 22.4. The summed E-state index contributed by atoms with van der Waals surface area (Å²) in [5, 5.41) is 3.70. The molecule has 0 aliphatic heterocycles. The maximum absolute atomic E-state index is 13.3. The van der Waals surface area contributed by atoms with E-state index in [9.17, 15) is 4.79 Å². The Hall–Kier alpha value is -3.61. The number of nitrogens with one attached hydrogen (secondary N) is 1. The van der Waals surface area contributed by atoms with Crippen molar-refractivity contribution >= 4 is 62.8 Å². The van der Waals surface area contributed by atoms with Crippen LogP contribution in [0.4, 0.5) is 11.5 Å². The van der Waals surface area contributed by atoms with Crippen molar-refractivity contribution in [2.75, 3.05) is 11.1 Å². The number of hydrogen-bond acceptors (Lipinski definition) is 4. The van der Waals surface area contributed by atoms with Gasteiger partial charge in [0.05, 0.1) is 26.8 Å². The highest BCUT2D eigenvalue weighted by atomic mass is 35.5. The third-order valence-electron chi connectivity index (χ3n) is 5.16. The number of halogens is 2. The molecule has 0 atom stereocenters. The smallest absolute Gasteiger partial charge is 0.261 e. The molecule has 158 valence electrons. The molecule has 3 N–H and O–H groups in total. The van der Waals surface area contributed by atoms with Crippen LogP contribution < -0.4 is 11.1 Å². The number of amides is 1. The van der Waals surface area contributed by atoms with Crippen LogP contribution in [0.1, 0.15) is 15.9 Å². The highest BCUT2D eigenvalue weighted by Crippen LogP contribution is 2.33. The molecule has 3 aromatic carbocycles. The quantitative estimate of drug-likeness (QED) is 0.343. The number of carbonyl (C=O) groups is 1. The summed E-state index contributed by atoms with van der Waals surface area (Å²) < 4.78 is 1.67. The van der Waals surface area contributed by atoms with E-state index in [4.69, 9.17) is 38.9 Å². The molecule has 5 rings (SSSR count). The molecular weight excluding hydrogens is 445 g/mol. The van der Waals surface area contributed by atoms with Gasteiger partial charge in [0.1, 0.15) is 16.9 Å². The van der Waals surface area contributed by atoms with Gasteiger partial charge >= 0.3 is 0 Å². The molecule has 5 aromatic rings. The molecule has 0 saturated carbocycles. The van der Waals surface area contributed by atoms with Gasteiger partial charge in [-0.2, -0.15) is 0 Å². The molecule has 8 heteroatoms. The molecule has 32 heavy (non-hydrogen) atoms. The SMILES string of the molecule is Cc1cccc(NC(=O)c2c(N)n(-c3ccc(Cl)c(Cl)c3)c3nc4ccccc4nc23)c1. The van der Waals surface area contributed by atoms with Crippen molar-refractivity contribution in [1.29, 1.82) is 0 Å². The molecule has 0 fully saturated rings. The van der Waals surface area contributed by atoms with Crippen molar-refractivity contribution in [2.24, 2.45) is 0 Å². The average molecular weight is 462 g/mol. The summed E-state index contributed by atoms with van der Waals surface area (Å²) in [5.41, 5.74) is 11.3. The number of nitrogens with two attached hydrogens (primary N) is 1. The van der Waals surface area contributed by atoms with Crippen molar-refractivity contribution in [3.05, 3.63) is 87.9 Å². The summed E-state index contributed by atoms with van der Waals surface area (Å²) in [4.78, 5) is 22.8. The van der Waals surface area contributed by atoms with Crippen molar-refractivity contribution in [3.8, 4) is 5.69 Å². The first-order valence-corrected chi connectivity index (χ1v) is 10.6. The Bertz CT molecular complexity index is 1530. The molecule has 0 saturated heterocycles. The minimum absolute atomic E-state index is 0.207. The molecule has 0 radical (unpaired) electrons. The molecule has 0 spiro atoms. The van der Waals surface area contributed by atoms with E-state index in [2.05, 4.69) is 5.32 Å². The van der Waals surface area contributed by atoms with Crippen LogP contribution in [-0.2, 0) is 0 Å². The topological polar surface area (TPSA) is 85.8 Å². The first-order valence-electron chi connectivity index (χ1n) is 9.82. The molecule has 0 aliphatic rings. The number of benzene rings is 3. The van der Waals surface area contributed by atoms with E-state index in [0.29, 0.717) is 43.6 Å². The van der Waals surface area contributed by atoms with Crippen molar-refractivity contribution in [2.45, 2.75) is 6.92 Å². The molecule has 1 amide bonds. The number of aromatic nitrogens is 3. The normalized spacial score (nSPS) is 11.2. The maximum atomic E-state index is 13.3. The minimum Gasteiger partial charge on any atom is -0.384 e. The molecule has 2 aromatic heterocycles. The second-order valence-corrected chi connectivity index (χ2v) is 8.22. The Kier molecular flexibility index (Phi) is 4.96. The van der Waals surface area contributed by atoms with Crippen LogP contribution in [0.3, 0.4) is 0 Å². The number of anilines is 2. The lowest BCUT2D eigenvalue weighted by Gasteiger charge is -2.09. The lowest BCUT2D eigenvalue weighted by atomic mass is 10.2. The first-order chi connectivity index (χ1) is 15.4. The average Bonchev–Trinajstić information content (AvgIpc) is 3.05. The van der Waals surface area contributed by atoms with E-state index < -0.39 is 0 Å². The number of para-hydroxylation sites is 2. The zero-order valence-electron chi connectivity index (χ0n) is 16.9. The number of aryl methyl sites for hydroxylation is 1. The molecule has 0 bridgehead atoms. The van der Waals surface area contributed by atoms with Crippen LogP contribution in [0.2, 0.25) is 10.0 Å². The number of nitrogens with zero attached hydrogens (tertiary/aromatic N) is 3. The van der Waals surface area contributed by atoms with Crippen LogP contribution >= 0.6 is 23.2 Å². The number of carbonyl (C=O) groups excluding carboxylic acids is 1. The lowest BCUT2D eigenvalue weighted by Crippen LogP contribution is -2.14. The lowest BCUT2D eigenvalue weighted by molar-refractivity contribution is 0.102. The van der Waals surface area contributed by atoms with Gasteiger partial charge in [0.25, 0.3) is 5.91 Å². The van der Waals surface area contributed by atoms with E-state index in [1.165, 1.54) is 0 Å². The van der Waals surface area contributed by atoms with Crippen LogP contribution in [0.25, 0.3) is 27.9 Å². The Morgan fingerprint density at radius 1 is 0.938 bits per heavy atom. The fraction of sp³-hybridized carbons (Fsp3) is 0.0417. The number of hydrogen-bond donors (Lipinski definition) is 2. The Morgan fingerprint density at radius 3 is 2.41 bits per heavy atom. The number of rotatable bonds is 3. The van der Waals surface area contributed by atoms with Crippen molar-refractivity contribution in [3.63, 3.8) is 0 Å². The number of nitrogen functional groups attached to an aromatic ring is 1. The first kappa shape index (κ1) is 20.3. The van der Waals surface area contributed by atoms with Gasteiger partial charge in [-0.1, -0.05) is 47.5 Å². The fourth-order valence-electron chi connectivity index (χ4n) is 3.69. The minimum atomic E-state index is -0.374. The predicted molar refractivity (Wildman–Crippen MR) is 130 cm³/mol. The third kappa shape index (κ3) is 3.43. The van der Waals surface area contributed by atoms with Gasteiger partial charge < -0.3 is 11.1 Å². The van der Waals surface area contributed by atoms with Gasteiger partial charge in [0.15, 0.2) is 5.65 Å². The van der Waals surface area contributed by atoms with Gasteiger partial charge in [-0.15, -0.1) is 0 Å². The van der Waals surface area contributed by atoms with Crippen LogP contribution in [-0.4, -0.2) is 20.4 Å². The van der Waals surface area contributed by atoms with E-state index >= 15 is 0 Å². The standard InChI is InChI=1S/C24H17Cl2N5O/c1-13-5-4-6-14(11-13)28-24(32)20-21-23(30-19-8-3-2-7-18(19)29-21)31(22(20)27)15-9-10-16(25)17(26)12-15/h2-12H,27H2,1H3,(H,28,32). The Morgan fingerprint density at radius 2 is 1.69 bits per heavy atom. The predicted octanol–water partition coefficient (Wildman–Crippen LogP) is 6.02. The molecular formula is C24H17Cl2N5O. The van der Waals surface area contributed by atoms with Crippen LogP contribution in [0, 0.1) is 6.92 Å². The van der Waals surface area contributed by atoms with Crippen molar-refractivity contribution < 1.29 is 4.79 Å². The van der Waals surface area contributed by atoms with E-state index in [-0.39, 0.29) is 17.3 Å². The zero-order valence-corrected chi connectivity index (χ0v) is 18.4. The van der Waals surface area contributed by atoms with E-state index in [0.717, 1.165) is 5.56 Å². The maximum Gasteiger partial charge on any atom is 0.261 e. The summed E-state index contributed by atoms with van der Waals surface area (Å²) >= 11 is 12.4. The summed E-state index contributed by atoms with van der Waals surface area (Å²) in [6.07, 6.45) is 0. The van der Waals surface area contributed by atoms with Crippen molar-refractivity contribution in [1.82, 2.24) is 14.5 Å². The third-order valence-corrected chi connectivity index (χ3v) is 5.90. The summed E-state index contributed by atoms with van der Waals surface area (Å²) in [7, 11) is 0. The largest absolute Gasteiger partial charge is 0.384 e. The van der Waals surface area contributed by atoms with Gasteiger partial charge in [-0.3, -0.25) is 9.36 Å².